The van der Waals surface area contributed by atoms with Crippen LogP contribution in [0.4, 0.5) is 5.69 Å². The summed E-state index contributed by atoms with van der Waals surface area (Å²) >= 11 is 9.31. The van der Waals surface area contributed by atoms with Gasteiger partial charge in [-0.05, 0) is 54.6 Å². The van der Waals surface area contributed by atoms with Crippen LogP contribution in [-0.4, -0.2) is 15.7 Å². The lowest BCUT2D eigenvalue weighted by molar-refractivity contribution is 0.0992. The van der Waals surface area contributed by atoms with Crippen molar-refractivity contribution >= 4 is 39.1 Å². The Morgan fingerprint density at radius 3 is 2.74 bits per heavy atom. The van der Waals surface area contributed by atoms with Gasteiger partial charge in [0.1, 0.15) is 23.9 Å². The molecule has 9 heteroatoms. The average Bonchev–Trinajstić information content (AvgIpc) is 3.41. The van der Waals surface area contributed by atoms with E-state index < -0.39 is 0 Å². The highest BCUT2D eigenvalue weighted by molar-refractivity contribution is 9.10. The number of carbonyl (C=O) groups is 1. The first-order valence-corrected chi connectivity index (χ1v) is 10.4. The third kappa shape index (κ3) is 5.90. The summed E-state index contributed by atoms with van der Waals surface area (Å²) < 4.78 is 19.4. The zero-order valence-electron chi connectivity index (χ0n) is 16.1. The van der Waals surface area contributed by atoms with Crippen molar-refractivity contribution in [2.75, 3.05) is 5.32 Å². The summed E-state index contributed by atoms with van der Waals surface area (Å²) in [6.07, 6.45) is 3.18. The molecule has 2 aromatic heterocycles. The fourth-order valence-electron chi connectivity index (χ4n) is 2.65. The molecule has 7 nitrogen and oxygen atoms in total. The summed E-state index contributed by atoms with van der Waals surface area (Å²) in [7, 11) is 0. The molecule has 0 aliphatic rings. The molecule has 1 N–H and O–H groups in total. The molecule has 0 fully saturated rings. The second-order valence-electron chi connectivity index (χ2n) is 6.46. The first kappa shape index (κ1) is 21.0. The van der Waals surface area contributed by atoms with Crippen LogP contribution in [0.2, 0.25) is 5.02 Å². The van der Waals surface area contributed by atoms with Crippen LogP contribution >= 0.6 is 27.5 Å². The monoisotopic (exact) mass is 501 g/mol. The Kier molecular flexibility index (Phi) is 6.59. The van der Waals surface area contributed by atoms with Gasteiger partial charge in [0.05, 0.1) is 18.1 Å². The number of furan rings is 1. The molecule has 0 saturated carbocycles. The van der Waals surface area contributed by atoms with Gasteiger partial charge in [0.15, 0.2) is 12.5 Å². The molecule has 2 aromatic carbocycles. The number of nitrogens with zero attached hydrogens (tertiary/aromatic N) is 2. The van der Waals surface area contributed by atoms with Crippen molar-refractivity contribution in [3.8, 4) is 11.5 Å². The Morgan fingerprint density at radius 1 is 1.10 bits per heavy atom. The van der Waals surface area contributed by atoms with Crippen LogP contribution in [0.25, 0.3) is 0 Å². The van der Waals surface area contributed by atoms with Gasteiger partial charge in [0, 0.05) is 9.50 Å². The molecule has 2 heterocycles. The lowest BCUT2D eigenvalue weighted by Crippen LogP contribution is -2.10. The minimum atomic E-state index is -0.384. The molecule has 0 unspecified atom stereocenters. The van der Waals surface area contributed by atoms with Crippen LogP contribution in [0.5, 0.6) is 11.5 Å². The van der Waals surface area contributed by atoms with Gasteiger partial charge in [-0.2, -0.15) is 5.10 Å². The van der Waals surface area contributed by atoms with E-state index >= 15 is 0 Å². The first-order valence-electron chi connectivity index (χ1n) is 9.24. The zero-order chi connectivity index (χ0) is 21.6. The van der Waals surface area contributed by atoms with E-state index in [1.54, 1.807) is 47.3 Å². The maximum absolute atomic E-state index is 12.4. The predicted molar refractivity (Wildman–Crippen MR) is 119 cm³/mol. The third-order valence-electron chi connectivity index (χ3n) is 4.13. The topological polar surface area (TPSA) is 78.5 Å². The number of hydrogen-bond donors (Lipinski definition) is 1. The molecule has 1 amide bonds. The van der Waals surface area contributed by atoms with E-state index in [1.807, 2.05) is 24.3 Å². The molecule has 4 aromatic rings. The SMILES string of the molecule is O=C(Nc1cnn(COc2cccc(Cl)c2)c1)c1ccc(COc2ccc(Br)cc2)o1. The normalized spacial score (nSPS) is 10.6. The van der Waals surface area contributed by atoms with Crippen molar-refractivity contribution in [1.29, 1.82) is 0 Å². The van der Waals surface area contributed by atoms with Gasteiger partial charge in [0.2, 0.25) is 0 Å². The zero-order valence-corrected chi connectivity index (χ0v) is 18.5. The van der Waals surface area contributed by atoms with E-state index in [0.29, 0.717) is 28.0 Å². The van der Waals surface area contributed by atoms with E-state index in [9.17, 15) is 4.79 Å². The van der Waals surface area contributed by atoms with Gasteiger partial charge in [-0.1, -0.05) is 33.6 Å². The fraction of sp³-hybridized carbons (Fsp3) is 0.0909. The Hall–Kier alpha value is -3.23. The average molecular weight is 503 g/mol. The Labute approximate surface area is 191 Å². The summed E-state index contributed by atoms with van der Waals surface area (Å²) in [5, 5.41) is 7.49. The van der Waals surface area contributed by atoms with Crippen LogP contribution < -0.4 is 14.8 Å². The quantitative estimate of drug-likeness (QED) is 0.331. The number of nitrogens with one attached hydrogen (secondary N) is 1. The standard InChI is InChI=1S/C22H17BrClN3O4/c23-15-4-6-18(7-5-15)29-13-20-8-9-21(31-20)22(28)26-17-11-25-27(12-17)14-30-19-3-1-2-16(24)10-19/h1-12H,13-14H2,(H,26,28). The van der Waals surface area contributed by atoms with Crippen LogP contribution in [0.15, 0.2) is 81.9 Å². The molecule has 0 saturated heterocycles. The molecule has 0 aliphatic heterocycles. The highest BCUT2D eigenvalue weighted by Crippen LogP contribution is 2.19. The molecule has 0 radical (unpaired) electrons. The molecular weight excluding hydrogens is 486 g/mol. The molecule has 4 rings (SSSR count). The number of hydrogen-bond acceptors (Lipinski definition) is 5. The lowest BCUT2D eigenvalue weighted by Gasteiger charge is -2.06. The fourth-order valence-corrected chi connectivity index (χ4v) is 3.10. The minimum Gasteiger partial charge on any atom is -0.486 e. The number of halogens is 2. The molecule has 0 spiro atoms. The summed E-state index contributed by atoms with van der Waals surface area (Å²) in [6, 6.07) is 17.8. The third-order valence-corrected chi connectivity index (χ3v) is 4.89. The van der Waals surface area contributed by atoms with Crippen molar-refractivity contribution < 1.29 is 18.7 Å². The van der Waals surface area contributed by atoms with E-state index in [-0.39, 0.29) is 25.0 Å². The van der Waals surface area contributed by atoms with E-state index in [0.717, 1.165) is 4.47 Å². The summed E-state index contributed by atoms with van der Waals surface area (Å²) in [6.45, 7) is 0.391. The van der Waals surface area contributed by atoms with Crippen molar-refractivity contribution in [1.82, 2.24) is 9.78 Å². The van der Waals surface area contributed by atoms with Crippen molar-refractivity contribution in [3.63, 3.8) is 0 Å². The minimum absolute atomic E-state index is 0.175. The maximum Gasteiger partial charge on any atom is 0.291 e. The van der Waals surface area contributed by atoms with E-state index in [1.165, 1.54) is 6.20 Å². The molecule has 0 atom stereocenters. The molecular formula is C22H17BrClN3O4. The van der Waals surface area contributed by atoms with Gasteiger partial charge >= 0.3 is 0 Å². The number of rotatable bonds is 8. The first-order chi connectivity index (χ1) is 15.0. The number of benzene rings is 2. The number of amides is 1. The van der Waals surface area contributed by atoms with E-state index in [4.69, 9.17) is 25.5 Å². The van der Waals surface area contributed by atoms with Crippen LogP contribution in [0.3, 0.4) is 0 Å². The number of carbonyl (C=O) groups excluding carboxylic acids is 1. The second-order valence-corrected chi connectivity index (χ2v) is 7.81. The Bertz CT molecular complexity index is 1170. The number of anilines is 1. The van der Waals surface area contributed by atoms with Crippen LogP contribution in [-0.2, 0) is 13.3 Å². The summed E-state index contributed by atoms with van der Waals surface area (Å²) in [5.41, 5.74) is 0.517. The molecule has 0 bridgehead atoms. The number of ether oxygens (including phenoxy) is 2. The molecule has 158 valence electrons. The van der Waals surface area contributed by atoms with Crippen molar-refractivity contribution in [2.24, 2.45) is 0 Å². The number of aromatic nitrogens is 2. The van der Waals surface area contributed by atoms with Gasteiger partial charge in [0.25, 0.3) is 5.91 Å². The highest BCUT2D eigenvalue weighted by Gasteiger charge is 2.13. The Balaban J connectivity index is 1.29. The molecule has 31 heavy (non-hydrogen) atoms. The Morgan fingerprint density at radius 2 is 1.94 bits per heavy atom. The van der Waals surface area contributed by atoms with Crippen LogP contribution in [0.1, 0.15) is 16.3 Å². The summed E-state index contributed by atoms with van der Waals surface area (Å²) in [4.78, 5) is 12.4. The molecule has 0 aliphatic carbocycles. The maximum atomic E-state index is 12.4. The van der Waals surface area contributed by atoms with Crippen molar-refractivity contribution in [3.05, 3.63) is 94.1 Å². The summed E-state index contributed by atoms with van der Waals surface area (Å²) in [5.74, 6) is 1.67. The van der Waals surface area contributed by atoms with Crippen molar-refractivity contribution in [2.45, 2.75) is 13.3 Å². The van der Waals surface area contributed by atoms with E-state index in [2.05, 4.69) is 26.3 Å². The highest BCUT2D eigenvalue weighted by atomic mass is 79.9. The predicted octanol–water partition coefficient (Wildman–Crippen LogP) is 5.76. The second kappa shape index (κ2) is 9.72. The van der Waals surface area contributed by atoms with Gasteiger partial charge in [-0.15, -0.1) is 0 Å². The smallest absolute Gasteiger partial charge is 0.291 e. The van der Waals surface area contributed by atoms with Gasteiger partial charge in [-0.3, -0.25) is 4.79 Å². The lowest BCUT2D eigenvalue weighted by atomic mass is 10.3. The van der Waals surface area contributed by atoms with Gasteiger partial charge in [-0.25, -0.2) is 4.68 Å². The van der Waals surface area contributed by atoms with Gasteiger partial charge < -0.3 is 19.2 Å². The van der Waals surface area contributed by atoms with Crippen LogP contribution in [0, 0.1) is 0 Å². The largest absolute Gasteiger partial charge is 0.486 e.